The average Bonchev–Trinajstić information content (AvgIpc) is 2.18. The summed E-state index contributed by atoms with van der Waals surface area (Å²) < 4.78 is 0. The molecule has 0 spiro atoms. The summed E-state index contributed by atoms with van der Waals surface area (Å²) in [6.45, 7) is 1.82. The van der Waals surface area contributed by atoms with Gasteiger partial charge in [0.1, 0.15) is 0 Å². The molecule has 0 radical (unpaired) electrons. The lowest BCUT2D eigenvalue weighted by atomic mass is 9.91. The van der Waals surface area contributed by atoms with Crippen molar-refractivity contribution >= 4 is 5.91 Å². The molecule has 0 bridgehead atoms. The molecule has 0 aliphatic heterocycles. The highest BCUT2D eigenvalue weighted by Crippen LogP contribution is 2.22. The van der Waals surface area contributed by atoms with E-state index in [1.165, 1.54) is 0 Å². The number of nitrogens with zero attached hydrogens (tertiary/aromatic N) is 1. The monoisotopic (exact) mass is 197 g/mol. The molecular formula is C11H19NO2. The number of carbonyl (C=O) groups is 1. The number of aliphatic hydroxyl groups excluding tert-OH is 1. The first-order valence-electron chi connectivity index (χ1n) is 5.24. The summed E-state index contributed by atoms with van der Waals surface area (Å²) in [6, 6.07) is 0.00690. The molecule has 1 amide bonds. The Morgan fingerprint density at radius 2 is 2.07 bits per heavy atom. The molecule has 3 heteroatoms. The van der Waals surface area contributed by atoms with E-state index >= 15 is 0 Å². The van der Waals surface area contributed by atoms with Crippen LogP contribution in [0.25, 0.3) is 0 Å². The Labute approximate surface area is 85.4 Å². The Kier molecular flexibility index (Phi) is 4.14. The molecule has 1 saturated carbocycles. The quantitative estimate of drug-likeness (QED) is 0.678. The Morgan fingerprint density at radius 1 is 1.43 bits per heavy atom. The highest BCUT2D eigenvalue weighted by atomic mass is 16.3. The number of hydrogen-bond acceptors (Lipinski definition) is 2. The fraction of sp³-hybridized carbons (Fsp3) is 0.727. The Hall–Kier alpha value is -0.830. The van der Waals surface area contributed by atoms with Gasteiger partial charge < -0.3 is 10.0 Å². The molecule has 0 aromatic rings. The largest absolute Gasteiger partial charge is 0.391 e. The molecule has 0 aromatic heterocycles. The predicted octanol–water partition coefficient (Wildman–Crippen LogP) is 1.32. The summed E-state index contributed by atoms with van der Waals surface area (Å²) in [5.74, 6) is -0.0153. The Bertz CT molecular complexity index is 225. The molecule has 0 heterocycles. The molecule has 2 atom stereocenters. The van der Waals surface area contributed by atoms with Gasteiger partial charge in [-0.2, -0.15) is 0 Å². The fourth-order valence-electron chi connectivity index (χ4n) is 1.97. The highest BCUT2D eigenvalue weighted by Gasteiger charge is 2.28. The minimum absolute atomic E-state index is 0.00690. The van der Waals surface area contributed by atoms with Crippen LogP contribution < -0.4 is 0 Å². The molecule has 2 unspecified atom stereocenters. The summed E-state index contributed by atoms with van der Waals surface area (Å²) in [7, 11) is 1.77. The van der Waals surface area contributed by atoms with E-state index in [2.05, 4.69) is 0 Å². The molecule has 1 fully saturated rings. The maximum atomic E-state index is 11.5. The van der Waals surface area contributed by atoms with E-state index in [-0.39, 0.29) is 18.1 Å². The van der Waals surface area contributed by atoms with Crippen LogP contribution in [-0.4, -0.2) is 35.1 Å². The van der Waals surface area contributed by atoms with Crippen molar-refractivity contribution in [1.29, 1.82) is 0 Å². The van der Waals surface area contributed by atoms with Gasteiger partial charge in [-0.3, -0.25) is 4.79 Å². The van der Waals surface area contributed by atoms with E-state index < -0.39 is 0 Å². The van der Waals surface area contributed by atoms with Crippen LogP contribution in [0.1, 0.15) is 32.6 Å². The van der Waals surface area contributed by atoms with Gasteiger partial charge in [0.15, 0.2) is 0 Å². The van der Waals surface area contributed by atoms with Crippen LogP contribution in [0.15, 0.2) is 12.2 Å². The lowest BCUT2D eigenvalue weighted by Gasteiger charge is -2.34. The Morgan fingerprint density at radius 3 is 2.64 bits per heavy atom. The standard InChI is InChI=1S/C11H19NO2/c1-3-6-11(14)12(2)9-7-4-5-8-10(9)13/h3,6,9-10,13H,4-5,7-8H2,1-2H3/b6-3+. The zero-order chi connectivity index (χ0) is 10.6. The SMILES string of the molecule is C/C=C/C(=O)N(C)C1CCCCC1O. The number of allylic oxidation sites excluding steroid dienone is 1. The first-order valence-corrected chi connectivity index (χ1v) is 5.24. The second-order valence-corrected chi connectivity index (χ2v) is 3.87. The molecule has 0 aromatic carbocycles. The van der Waals surface area contributed by atoms with Gasteiger partial charge in [-0.05, 0) is 25.8 Å². The van der Waals surface area contributed by atoms with Crippen molar-refractivity contribution in [1.82, 2.24) is 4.90 Å². The van der Waals surface area contributed by atoms with Gasteiger partial charge in [0.2, 0.25) is 5.91 Å². The van der Waals surface area contributed by atoms with Gasteiger partial charge in [-0.15, -0.1) is 0 Å². The van der Waals surface area contributed by atoms with Crippen LogP contribution in [0.4, 0.5) is 0 Å². The number of likely N-dealkylation sites (N-methyl/N-ethyl adjacent to an activating group) is 1. The summed E-state index contributed by atoms with van der Waals surface area (Å²) >= 11 is 0. The lowest BCUT2D eigenvalue weighted by molar-refractivity contribution is -0.130. The predicted molar refractivity (Wildman–Crippen MR) is 55.8 cm³/mol. The van der Waals surface area contributed by atoms with Crippen molar-refractivity contribution < 1.29 is 9.90 Å². The van der Waals surface area contributed by atoms with Crippen LogP contribution >= 0.6 is 0 Å². The van der Waals surface area contributed by atoms with Crippen LogP contribution in [0.5, 0.6) is 0 Å². The zero-order valence-electron chi connectivity index (χ0n) is 8.94. The average molecular weight is 197 g/mol. The third-order valence-corrected chi connectivity index (χ3v) is 2.85. The molecule has 3 nitrogen and oxygen atoms in total. The van der Waals surface area contributed by atoms with Crippen molar-refractivity contribution in [2.24, 2.45) is 0 Å². The van der Waals surface area contributed by atoms with E-state index in [1.54, 1.807) is 24.1 Å². The molecule has 1 N–H and O–H groups in total. The molecule has 14 heavy (non-hydrogen) atoms. The maximum Gasteiger partial charge on any atom is 0.246 e. The van der Waals surface area contributed by atoms with E-state index in [4.69, 9.17) is 0 Å². The van der Waals surface area contributed by atoms with Crippen LogP contribution in [0.2, 0.25) is 0 Å². The first kappa shape index (κ1) is 11.2. The molecular weight excluding hydrogens is 178 g/mol. The van der Waals surface area contributed by atoms with Gasteiger partial charge in [0, 0.05) is 7.05 Å². The molecule has 0 saturated heterocycles. The lowest BCUT2D eigenvalue weighted by Crippen LogP contribution is -2.45. The summed E-state index contributed by atoms with van der Waals surface area (Å²) in [4.78, 5) is 13.2. The summed E-state index contributed by atoms with van der Waals surface area (Å²) in [5.41, 5.74) is 0. The molecule has 1 rings (SSSR count). The van der Waals surface area contributed by atoms with Gasteiger partial charge in [0.05, 0.1) is 12.1 Å². The van der Waals surface area contributed by atoms with E-state index in [0.29, 0.717) is 0 Å². The number of carbonyl (C=O) groups excluding carboxylic acids is 1. The van der Waals surface area contributed by atoms with E-state index in [9.17, 15) is 9.90 Å². The van der Waals surface area contributed by atoms with Gasteiger partial charge in [-0.1, -0.05) is 18.9 Å². The van der Waals surface area contributed by atoms with Gasteiger partial charge >= 0.3 is 0 Å². The second kappa shape index (κ2) is 5.15. The van der Waals surface area contributed by atoms with Crippen LogP contribution in [0.3, 0.4) is 0 Å². The normalized spacial score (nSPS) is 27.9. The zero-order valence-corrected chi connectivity index (χ0v) is 8.94. The van der Waals surface area contributed by atoms with Crippen LogP contribution in [-0.2, 0) is 4.79 Å². The van der Waals surface area contributed by atoms with Crippen molar-refractivity contribution in [3.05, 3.63) is 12.2 Å². The first-order chi connectivity index (χ1) is 6.66. The smallest absolute Gasteiger partial charge is 0.246 e. The minimum Gasteiger partial charge on any atom is -0.391 e. The summed E-state index contributed by atoms with van der Waals surface area (Å²) in [6.07, 6.45) is 6.84. The molecule has 80 valence electrons. The van der Waals surface area contributed by atoms with Crippen molar-refractivity contribution in [2.75, 3.05) is 7.05 Å². The highest BCUT2D eigenvalue weighted by molar-refractivity contribution is 5.87. The van der Waals surface area contributed by atoms with Crippen molar-refractivity contribution in [2.45, 2.75) is 44.8 Å². The number of hydrogen-bond donors (Lipinski definition) is 1. The number of amides is 1. The topological polar surface area (TPSA) is 40.5 Å². The minimum atomic E-state index is -0.344. The van der Waals surface area contributed by atoms with Crippen molar-refractivity contribution in [3.8, 4) is 0 Å². The Balaban J connectivity index is 2.57. The molecule has 1 aliphatic rings. The van der Waals surface area contributed by atoms with Crippen molar-refractivity contribution in [3.63, 3.8) is 0 Å². The van der Waals surface area contributed by atoms with Crippen LogP contribution in [0, 0.1) is 0 Å². The fourth-order valence-corrected chi connectivity index (χ4v) is 1.97. The maximum absolute atomic E-state index is 11.5. The summed E-state index contributed by atoms with van der Waals surface area (Å²) in [5, 5.41) is 9.74. The molecule has 1 aliphatic carbocycles. The van der Waals surface area contributed by atoms with Gasteiger partial charge in [0.25, 0.3) is 0 Å². The number of rotatable bonds is 2. The van der Waals surface area contributed by atoms with E-state index in [1.807, 2.05) is 6.92 Å². The van der Waals surface area contributed by atoms with E-state index in [0.717, 1.165) is 25.7 Å². The third-order valence-electron chi connectivity index (χ3n) is 2.85. The van der Waals surface area contributed by atoms with Gasteiger partial charge in [-0.25, -0.2) is 0 Å². The number of aliphatic hydroxyl groups is 1. The third kappa shape index (κ3) is 2.58. The second-order valence-electron chi connectivity index (χ2n) is 3.87.